The summed E-state index contributed by atoms with van der Waals surface area (Å²) in [4.78, 5) is 12.4. The Morgan fingerprint density at radius 3 is 2.67 bits per heavy atom. The van der Waals surface area contributed by atoms with Crippen molar-refractivity contribution in [3.63, 3.8) is 0 Å². The Morgan fingerprint density at radius 2 is 1.93 bits per heavy atom. The molecule has 1 N–H and O–H groups in total. The van der Waals surface area contributed by atoms with Gasteiger partial charge in [-0.15, -0.1) is 0 Å². The van der Waals surface area contributed by atoms with Crippen LogP contribution in [0.25, 0.3) is 16.7 Å². The molecular weight excluding hydrogens is 450 g/mol. The molecule has 2 heterocycles. The molecule has 0 aliphatic heterocycles. The number of nitrogens with zero attached hydrogens (tertiary/aromatic N) is 2. The van der Waals surface area contributed by atoms with Crippen LogP contribution in [0, 0.1) is 0 Å². The van der Waals surface area contributed by atoms with Crippen molar-refractivity contribution in [3.8, 4) is 17.2 Å². The van der Waals surface area contributed by atoms with E-state index in [0.717, 1.165) is 26.9 Å². The lowest BCUT2D eigenvalue weighted by molar-refractivity contribution is 0.0929. The summed E-state index contributed by atoms with van der Waals surface area (Å²) in [6.45, 7) is 0. The number of carbonyl (C=O) groups is 1. The van der Waals surface area contributed by atoms with E-state index in [1.54, 1.807) is 32.6 Å². The molecule has 0 fully saturated rings. The Balaban J connectivity index is 1.45. The summed E-state index contributed by atoms with van der Waals surface area (Å²) in [5, 5.41) is 4.78. The molecule has 30 heavy (non-hydrogen) atoms. The molecule has 1 amide bonds. The number of benzene rings is 2. The third kappa shape index (κ3) is 4.08. The Labute approximate surface area is 181 Å². The first kappa shape index (κ1) is 19.8. The summed E-state index contributed by atoms with van der Waals surface area (Å²) < 4.78 is 18.9. The number of hydrazone groups is 1. The number of hydrogen-bond donors (Lipinski definition) is 1. The first-order valence-electron chi connectivity index (χ1n) is 9.00. The van der Waals surface area contributed by atoms with Gasteiger partial charge in [-0.05, 0) is 48.5 Å². The quantitative estimate of drug-likeness (QED) is 0.327. The highest BCUT2D eigenvalue weighted by atomic mass is 79.9. The molecule has 0 aliphatic rings. The molecule has 7 nitrogen and oxygen atoms in total. The van der Waals surface area contributed by atoms with Crippen LogP contribution < -0.4 is 14.9 Å². The number of hydrogen-bond acceptors (Lipinski definition) is 5. The maximum atomic E-state index is 12.4. The zero-order chi connectivity index (χ0) is 21.1. The van der Waals surface area contributed by atoms with Crippen molar-refractivity contribution < 1.29 is 18.7 Å². The van der Waals surface area contributed by atoms with Gasteiger partial charge in [0, 0.05) is 33.5 Å². The minimum absolute atomic E-state index is 0.148. The van der Waals surface area contributed by atoms with E-state index in [2.05, 4.69) is 26.5 Å². The van der Waals surface area contributed by atoms with Gasteiger partial charge in [0.25, 0.3) is 0 Å². The average Bonchev–Trinajstić information content (AvgIpc) is 3.40. The number of furan rings is 1. The number of carbonyl (C=O) groups excluding carboxylic acids is 1. The van der Waals surface area contributed by atoms with Crippen molar-refractivity contribution in [2.45, 2.75) is 0 Å². The third-order valence-corrected chi connectivity index (χ3v) is 4.91. The van der Waals surface area contributed by atoms with Crippen LogP contribution in [0.4, 0.5) is 0 Å². The van der Waals surface area contributed by atoms with Crippen molar-refractivity contribution in [2.24, 2.45) is 5.10 Å². The van der Waals surface area contributed by atoms with Crippen LogP contribution in [0.15, 0.2) is 74.9 Å². The molecule has 2 aromatic heterocycles. The topological polar surface area (TPSA) is 78.0 Å². The third-order valence-electron chi connectivity index (χ3n) is 4.46. The highest BCUT2D eigenvalue weighted by Gasteiger charge is 2.15. The monoisotopic (exact) mass is 467 g/mol. The second-order valence-electron chi connectivity index (χ2n) is 6.39. The number of ether oxygens (including phenoxy) is 2. The Bertz CT molecular complexity index is 1230. The summed E-state index contributed by atoms with van der Waals surface area (Å²) in [5.41, 5.74) is 4.81. The van der Waals surface area contributed by atoms with E-state index >= 15 is 0 Å². The molecular formula is C22H18BrN3O4. The van der Waals surface area contributed by atoms with Crippen molar-refractivity contribution >= 4 is 39.0 Å². The summed E-state index contributed by atoms with van der Waals surface area (Å²) in [5.74, 6) is 1.04. The molecule has 0 aliphatic carbocycles. The second kappa shape index (κ2) is 8.46. The van der Waals surface area contributed by atoms with Crippen LogP contribution in [0.2, 0.25) is 0 Å². The minimum Gasteiger partial charge on any atom is -0.497 e. The van der Waals surface area contributed by atoms with E-state index in [0.29, 0.717) is 11.3 Å². The van der Waals surface area contributed by atoms with Gasteiger partial charge in [0.1, 0.15) is 5.75 Å². The predicted octanol–water partition coefficient (Wildman–Crippen LogP) is 4.77. The zero-order valence-electron chi connectivity index (χ0n) is 16.3. The molecule has 0 saturated heterocycles. The van der Waals surface area contributed by atoms with Gasteiger partial charge >= 0.3 is 5.91 Å². The van der Waals surface area contributed by atoms with Gasteiger partial charge in [-0.1, -0.05) is 15.9 Å². The molecule has 0 atom stereocenters. The fourth-order valence-electron chi connectivity index (χ4n) is 2.97. The summed E-state index contributed by atoms with van der Waals surface area (Å²) in [6.07, 6.45) is 5.38. The normalized spacial score (nSPS) is 11.2. The maximum absolute atomic E-state index is 12.4. The lowest BCUT2D eigenvalue weighted by Crippen LogP contribution is -2.16. The largest absolute Gasteiger partial charge is 0.497 e. The van der Waals surface area contributed by atoms with Crippen LogP contribution >= 0.6 is 15.9 Å². The molecule has 0 spiro atoms. The maximum Gasteiger partial charge on any atom is 0.307 e. The first-order valence-corrected chi connectivity index (χ1v) is 9.79. The molecule has 2 aromatic carbocycles. The van der Waals surface area contributed by atoms with E-state index in [9.17, 15) is 4.79 Å². The number of amides is 1. The van der Waals surface area contributed by atoms with Crippen LogP contribution in [0.5, 0.6) is 11.5 Å². The number of halogens is 1. The van der Waals surface area contributed by atoms with Gasteiger partial charge in [0.15, 0.2) is 17.1 Å². The van der Waals surface area contributed by atoms with Crippen molar-refractivity contribution in [3.05, 3.63) is 76.7 Å². The highest BCUT2D eigenvalue weighted by Crippen LogP contribution is 2.32. The minimum atomic E-state index is -0.449. The van der Waals surface area contributed by atoms with Gasteiger partial charge in [0.2, 0.25) is 0 Å². The molecule has 0 radical (unpaired) electrons. The SMILES string of the molecule is COc1ccc(-n2ccc(/C=N\NC(=O)c3cc4cc(Br)cc(OC)c4o3)c2)cc1. The Morgan fingerprint density at radius 1 is 1.13 bits per heavy atom. The van der Waals surface area contributed by atoms with E-state index in [1.807, 2.05) is 53.4 Å². The highest BCUT2D eigenvalue weighted by molar-refractivity contribution is 9.10. The standard InChI is InChI=1S/C22H18BrN3O4/c1-28-18-5-3-17(4-6-18)26-8-7-14(13-26)12-24-25-22(27)20-10-15-9-16(23)11-19(29-2)21(15)30-20/h3-13H,1-2H3,(H,25,27)/b24-12-. The summed E-state index contributed by atoms with van der Waals surface area (Å²) >= 11 is 3.41. The zero-order valence-corrected chi connectivity index (χ0v) is 17.8. The second-order valence-corrected chi connectivity index (χ2v) is 7.30. The van der Waals surface area contributed by atoms with E-state index in [1.165, 1.54) is 0 Å². The number of fused-ring (bicyclic) bond motifs is 1. The predicted molar refractivity (Wildman–Crippen MR) is 118 cm³/mol. The lowest BCUT2D eigenvalue weighted by Gasteiger charge is -2.04. The van der Waals surface area contributed by atoms with Gasteiger partial charge in [-0.2, -0.15) is 5.10 Å². The van der Waals surface area contributed by atoms with Crippen LogP contribution in [-0.4, -0.2) is 30.9 Å². The van der Waals surface area contributed by atoms with Crippen LogP contribution in [0.1, 0.15) is 16.1 Å². The van der Waals surface area contributed by atoms with E-state index < -0.39 is 5.91 Å². The van der Waals surface area contributed by atoms with Gasteiger partial charge < -0.3 is 18.5 Å². The van der Waals surface area contributed by atoms with E-state index in [-0.39, 0.29) is 5.76 Å². The molecule has 152 valence electrons. The van der Waals surface area contributed by atoms with Crippen LogP contribution in [0.3, 0.4) is 0 Å². The molecule has 4 rings (SSSR count). The average molecular weight is 468 g/mol. The van der Waals surface area contributed by atoms with E-state index in [4.69, 9.17) is 13.9 Å². The molecule has 0 bridgehead atoms. The molecule has 8 heteroatoms. The summed E-state index contributed by atoms with van der Waals surface area (Å²) in [6, 6.07) is 14.9. The first-order chi connectivity index (χ1) is 14.6. The molecule has 4 aromatic rings. The van der Waals surface area contributed by atoms with Gasteiger partial charge in [-0.25, -0.2) is 5.43 Å². The number of aromatic nitrogens is 1. The van der Waals surface area contributed by atoms with Crippen molar-refractivity contribution in [1.29, 1.82) is 0 Å². The molecule has 0 saturated carbocycles. The Kier molecular flexibility index (Phi) is 5.58. The fraction of sp³-hybridized carbons (Fsp3) is 0.0909. The Hall–Kier alpha value is -3.52. The molecule has 0 unspecified atom stereocenters. The lowest BCUT2D eigenvalue weighted by atomic mass is 10.2. The van der Waals surface area contributed by atoms with Gasteiger partial charge in [-0.3, -0.25) is 4.79 Å². The van der Waals surface area contributed by atoms with Crippen molar-refractivity contribution in [2.75, 3.05) is 14.2 Å². The smallest absolute Gasteiger partial charge is 0.307 e. The van der Waals surface area contributed by atoms with Crippen LogP contribution in [-0.2, 0) is 0 Å². The number of methoxy groups -OCH3 is 2. The number of rotatable bonds is 6. The fourth-order valence-corrected chi connectivity index (χ4v) is 3.43. The van der Waals surface area contributed by atoms with Gasteiger partial charge in [0.05, 0.1) is 20.4 Å². The van der Waals surface area contributed by atoms with Crippen molar-refractivity contribution in [1.82, 2.24) is 9.99 Å². The summed E-state index contributed by atoms with van der Waals surface area (Å²) in [7, 11) is 3.18. The number of nitrogens with one attached hydrogen (secondary N) is 1.